The van der Waals surface area contributed by atoms with Crippen LogP contribution in [0.15, 0.2) is 54.0 Å². The standard InChI is InChI=1S/C21H20N6OS/c1-2-5-15(6-3-1)18-24-19(22-13-16-7-4-12-29-16)17-14-23-21(26-20(17)25-18)27-8-10-28-11-9-27/h1-7,12,14H,8-11,13H2,(H,22,23,24,25,26). The van der Waals surface area contributed by atoms with Crippen molar-refractivity contribution in [2.45, 2.75) is 6.54 Å². The number of benzene rings is 1. The van der Waals surface area contributed by atoms with Gasteiger partial charge in [0.25, 0.3) is 0 Å². The summed E-state index contributed by atoms with van der Waals surface area (Å²) in [7, 11) is 0. The van der Waals surface area contributed by atoms with Crippen molar-refractivity contribution < 1.29 is 4.74 Å². The highest BCUT2D eigenvalue weighted by Gasteiger charge is 2.17. The zero-order valence-corrected chi connectivity index (χ0v) is 16.6. The van der Waals surface area contributed by atoms with Gasteiger partial charge in [-0.15, -0.1) is 11.3 Å². The second-order valence-corrected chi connectivity index (χ2v) is 7.73. The average Bonchev–Trinajstić information content (AvgIpc) is 3.32. The number of morpholine rings is 1. The molecule has 0 aliphatic carbocycles. The minimum atomic E-state index is 0.643. The van der Waals surface area contributed by atoms with Gasteiger partial charge in [0.1, 0.15) is 5.82 Å². The lowest BCUT2D eigenvalue weighted by atomic mass is 10.2. The first kappa shape index (κ1) is 18.0. The van der Waals surface area contributed by atoms with Crippen LogP contribution < -0.4 is 10.2 Å². The molecule has 0 saturated carbocycles. The molecule has 146 valence electrons. The molecule has 1 aliphatic heterocycles. The molecule has 4 heterocycles. The minimum absolute atomic E-state index is 0.643. The van der Waals surface area contributed by atoms with Crippen molar-refractivity contribution in [3.8, 4) is 11.4 Å². The second kappa shape index (κ2) is 8.10. The molecular weight excluding hydrogens is 384 g/mol. The van der Waals surface area contributed by atoms with Crippen LogP contribution in [-0.2, 0) is 11.3 Å². The van der Waals surface area contributed by atoms with Crippen molar-refractivity contribution in [3.63, 3.8) is 0 Å². The predicted octanol–water partition coefficient (Wildman–Crippen LogP) is 3.60. The van der Waals surface area contributed by atoms with Gasteiger partial charge in [-0.25, -0.2) is 15.0 Å². The average molecular weight is 404 g/mol. The number of hydrogen-bond donors (Lipinski definition) is 1. The third-order valence-corrected chi connectivity index (χ3v) is 5.65. The van der Waals surface area contributed by atoms with E-state index in [2.05, 4.69) is 26.6 Å². The molecular formula is C21H20N6OS. The van der Waals surface area contributed by atoms with Crippen molar-refractivity contribution in [3.05, 3.63) is 58.9 Å². The summed E-state index contributed by atoms with van der Waals surface area (Å²) in [6.07, 6.45) is 1.82. The van der Waals surface area contributed by atoms with Gasteiger partial charge in [-0.2, -0.15) is 4.98 Å². The summed E-state index contributed by atoms with van der Waals surface area (Å²) in [6.45, 7) is 3.64. The Hall–Kier alpha value is -3.10. The molecule has 0 spiro atoms. The molecule has 1 aliphatic rings. The molecule has 7 nitrogen and oxygen atoms in total. The Kier molecular flexibility index (Phi) is 5.02. The van der Waals surface area contributed by atoms with E-state index in [1.807, 2.05) is 42.6 Å². The lowest BCUT2D eigenvalue weighted by Crippen LogP contribution is -2.37. The van der Waals surface area contributed by atoms with E-state index in [1.54, 1.807) is 11.3 Å². The van der Waals surface area contributed by atoms with Gasteiger partial charge in [0.15, 0.2) is 11.5 Å². The van der Waals surface area contributed by atoms with E-state index < -0.39 is 0 Å². The van der Waals surface area contributed by atoms with Gasteiger partial charge in [0.05, 0.1) is 25.1 Å². The molecule has 29 heavy (non-hydrogen) atoms. The number of fused-ring (bicyclic) bond motifs is 1. The molecule has 1 aromatic carbocycles. The van der Waals surface area contributed by atoms with Gasteiger partial charge >= 0.3 is 0 Å². The van der Waals surface area contributed by atoms with Gasteiger partial charge in [-0.3, -0.25) is 0 Å². The Morgan fingerprint density at radius 1 is 1.00 bits per heavy atom. The highest BCUT2D eigenvalue weighted by molar-refractivity contribution is 7.09. The fourth-order valence-corrected chi connectivity index (χ4v) is 3.90. The van der Waals surface area contributed by atoms with Gasteiger partial charge in [0.2, 0.25) is 5.95 Å². The molecule has 5 rings (SSSR count). The van der Waals surface area contributed by atoms with E-state index in [0.29, 0.717) is 37.2 Å². The van der Waals surface area contributed by atoms with E-state index in [-0.39, 0.29) is 0 Å². The van der Waals surface area contributed by atoms with Crippen LogP contribution in [0.1, 0.15) is 4.88 Å². The molecule has 1 saturated heterocycles. The molecule has 0 radical (unpaired) electrons. The molecule has 1 fully saturated rings. The van der Waals surface area contributed by atoms with Crippen molar-refractivity contribution in [1.82, 2.24) is 19.9 Å². The van der Waals surface area contributed by atoms with Crippen LogP contribution in [0.3, 0.4) is 0 Å². The monoisotopic (exact) mass is 404 g/mol. The fraction of sp³-hybridized carbons (Fsp3) is 0.238. The van der Waals surface area contributed by atoms with Crippen LogP contribution in [0.4, 0.5) is 11.8 Å². The number of thiophene rings is 1. The van der Waals surface area contributed by atoms with Gasteiger partial charge in [-0.1, -0.05) is 36.4 Å². The van der Waals surface area contributed by atoms with Gasteiger partial charge < -0.3 is 15.0 Å². The lowest BCUT2D eigenvalue weighted by molar-refractivity contribution is 0.122. The van der Waals surface area contributed by atoms with Gasteiger partial charge in [-0.05, 0) is 11.4 Å². The Bertz CT molecular complexity index is 1100. The fourth-order valence-electron chi connectivity index (χ4n) is 3.26. The summed E-state index contributed by atoms with van der Waals surface area (Å²) in [4.78, 5) is 22.2. The zero-order valence-electron chi connectivity index (χ0n) is 15.8. The minimum Gasteiger partial charge on any atom is -0.378 e. The number of hydrogen-bond acceptors (Lipinski definition) is 8. The summed E-state index contributed by atoms with van der Waals surface area (Å²) in [5.41, 5.74) is 1.60. The first-order chi connectivity index (χ1) is 14.4. The van der Waals surface area contributed by atoms with Gasteiger partial charge in [0, 0.05) is 29.7 Å². The number of anilines is 2. The second-order valence-electron chi connectivity index (χ2n) is 6.70. The number of rotatable bonds is 5. The topological polar surface area (TPSA) is 76.1 Å². The summed E-state index contributed by atoms with van der Waals surface area (Å²) in [5, 5.41) is 6.33. The van der Waals surface area contributed by atoms with Crippen molar-refractivity contribution in [2.24, 2.45) is 0 Å². The normalized spacial score (nSPS) is 14.3. The molecule has 0 unspecified atom stereocenters. The zero-order chi connectivity index (χ0) is 19.5. The summed E-state index contributed by atoms with van der Waals surface area (Å²) in [6, 6.07) is 14.1. The Balaban J connectivity index is 1.56. The maximum Gasteiger partial charge on any atom is 0.227 e. The van der Waals surface area contributed by atoms with E-state index >= 15 is 0 Å². The summed E-state index contributed by atoms with van der Waals surface area (Å²) in [5.74, 6) is 2.08. The number of nitrogens with zero attached hydrogens (tertiary/aromatic N) is 5. The van der Waals surface area contributed by atoms with Crippen LogP contribution in [-0.4, -0.2) is 46.2 Å². The van der Waals surface area contributed by atoms with Crippen molar-refractivity contribution in [1.29, 1.82) is 0 Å². The maximum absolute atomic E-state index is 5.44. The first-order valence-electron chi connectivity index (χ1n) is 9.56. The number of nitrogens with one attached hydrogen (secondary N) is 1. The van der Waals surface area contributed by atoms with E-state index in [4.69, 9.17) is 19.7 Å². The molecule has 3 aromatic heterocycles. The SMILES string of the molecule is c1ccc(-c2nc(NCc3cccs3)c3cnc(N4CCOCC4)nc3n2)cc1. The summed E-state index contributed by atoms with van der Waals surface area (Å²) >= 11 is 1.71. The first-order valence-corrected chi connectivity index (χ1v) is 10.4. The van der Waals surface area contributed by atoms with E-state index in [1.165, 1.54) is 4.88 Å². The highest BCUT2D eigenvalue weighted by atomic mass is 32.1. The predicted molar refractivity (Wildman–Crippen MR) is 115 cm³/mol. The molecule has 0 amide bonds. The summed E-state index contributed by atoms with van der Waals surface area (Å²) < 4.78 is 5.44. The van der Waals surface area contributed by atoms with Crippen LogP contribution >= 0.6 is 11.3 Å². The Labute approximate surface area is 172 Å². The van der Waals surface area contributed by atoms with Crippen molar-refractivity contribution in [2.75, 3.05) is 36.5 Å². The molecule has 0 atom stereocenters. The Morgan fingerprint density at radius 3 is 2.66 bits per heavy atom. The molecule has 1 N–H and O–H groups in total. The van der Waals surface area contributed by atoms with Crippen LogP contribution in [0, 0.1) is 0 Å². The number of aromatic nitrogens is 4. The third kappa shape index (κ3) is 3.90. The molecule has 4 aromatic rings. The van der Waals surface area contributed by atoms with Crippen molar-refractivity contribution >= 4 is 34.1 Å². The highest BCUT2D eigenvalue weighted by Crippen LogP contribution is 2.26. The quantitative estimate of drug-likeness (QED) is 0.545. The Morgan fingerprint density at radius 2 is 1.86 bits per heavy atom. The van der Waals surface area contributed by atoms with E-state index in [0.717, 1.165) is 29.9 Å². The lowest BCUT2D eigenvalue weighted by Gasteiger charge is -2.26. The number of ether oxygens (including phenoxy) is 1. The smallest absolute Gasteiger partial charge is 0.227 e. The molecule has 0 bridgehead atoms. The third-order valence-electron chi connectivity index (χ3n) is 4.78. The van der Waals surface area contributed by atoms with E-state index in [9.17, 15) is 0 Å². The largest absolute Gasteiger partial charge is 0.378 e. The molecule has 8 heteroatoms. The maximum atomic E-state index is 5.44. The van der Waals surface area contributed by atoms with Crippen LogP contribution in [0.25, 0.3) is 22.4 Å². The van der Waals surface area contributed by atoms with Crippen LogP contribution in [0.5, 0.6) is 0 Å². The van der Waals surface area contributed by atoms with Crippen LogP contribution in [0.2, 0.25) is 0 Å².